The lowest BCUT2D eigenvalue weighted by Crippen LogP contribution is -2.45. The van der Waals surface area contributed by atoms with Gasteiger partial charge in [0, 0.05) is 0 Å². The summed E-state index contributed by atoms with van der Waals surface area (Å²) in [5, 5.41) is 33.2. The molecule has 3 atom stereocenters. The average molecular weight is 704 g/mol. The van der Waals surface area contributed by atoms with Crippen molar-refractivity contribution < 1.29 is 20.1 Å². The molecule has 0 aromatic rings. The van der Waals surface area contributed by atoms with Crippen molar-refractivity contribution in [1.29, 1.82) is 0 Å². The van der Waals surface area contributed by atoms with E-state index in [2.05, 4.69) is 43.5 Å². The Balaban J connectivity index is 3.74. The minimum absolute atomic E-state index is 0.00468. The summed E-state index contributed by atoms with van der Waals surface area (Å²) in [6.07, 6.45) is 50.0. The van der Waals surface area contributed by atoms with Crippen LogP contribution in [-0.2, 0) is 4.79 Å². The molecule has 0 fully saturated rings. The third kappa shape index (κ3) is 36.4. The van der Waals surface area contributed by atoms with Gasteiger partial charge in [-0.05, 0) is 44.9 Å². The number of aliphatic hydroxyl groups excluding tert-OH is 3. The molecule has 294 valence electrons. The molecule has 0 saturated heterocycles. The predicted molar refractivity (Wildman–Crippen MR) is 218 cm³/mol. The molecule has 1 amide bonds. The largest absolute Gasteiger partial charge is 0.394 e. The van der Waals surface area contributed by atoms with E-state index in [0.29, 0.717) is 6.42 Å². The van der Waals surface area contributed by atoms with E-state index in [1.165, 1.54) is 154 Å². The first-order chi connectivity index (χ1) is 24.5. The van der Waals surface area contributed by atoms with E-state index < -0.39 is 18.2 Å². The van der Waals surface area contributed by atoms with Gasteiger partial charge in [-0.1, -0.05) is 204 Å². The lowest BCUT2D eigenvalue weighted by atomic mass is 10.0. The molecule has 0 aliphatic rings. The van der Waals surface area contributed by atoms with Crippen LogP contribution in [0.2, 0.25) is 0 Å². The van der Waals surface area contributed by atoms with E-state index in [1.807, 2.05) is 6.08 Å². The fraction of sp³-hybridized carbons (Fsp3) is 0.844. The molecule has 0 heterocycles. The Hall–Kier alpha value is -1.43. The van der Waals surface area contributed by atoms with Crippen LogP contribution < -0.4 is 5.32 Å². The molecule has 5 nitrogen and oxygen atoms in total. The molecule has 0 saturated carbocycles. The highest BCUT2D eigenvalue weighted by molar-refractivity contribution is 5.76. The Kier molecular flexibility index (Phi) is 39.2. The monoisotopic (exact) mass is 704 g/mol. The topological polar surface area (TPSA) is 89.8 Å². The van der Waals surface area contributed by atoms with Crippen LogP contribution in [0.4, 0.5) is 0 Å². The first-order valence-electron chi connectivity index (χ1n) is 21.8. The molecule has 0 radical (unpaired) electrons. The van der Waals surface area contributed by atoms with Gasteiger partial charge >= 0.3 is 0 Å². The summed E-state index contributed by atoms with van der Waals surface area (Å²) in [5.41, 5.74) is 0. The molecular weight excluding hydrogens is 618 g/mol. The van der Waals surface area contributed by atoms with Crippen molar-refractivity contribution >= 4 is 5.91 Å². The summed E-state index contributed by atoms with van der Waals surface area (Å²) < 4.78 is 0. The van der Waals surface area contributed by atoms with Gasteiger partial charge in [-0.2, -0.15) is 0 Å². The number of carbonyl (C=O) groups excluding carboxylic acids is 1. The number of aliphatic hydroxyl groups is 3. The van der Waals surface area contributed by atoms with Crippen LogP contribution >= 0.6 is 0 Å². The van der Waals surface area contributed by atoms with Crippen LogP contribution in [-0.4, -0.2) is 46.1 Å². The van der Waals surface area contributed by atoms with Gasteiger partial charge in [0.2, 0.25) is 5.91 Å². The molecule has 4 N–H and O–H groups in total. The van der Waals surface area contributed by atoms with Gasteiger partial charge in [-0.15, -0.1) is 0 Å². The third-order valence-corrected chi connectivity index (χ3v) is 9.91. The predicted octanol–water partition coefficient (Wildman–Crippen LogP) is 12.4. The fourth-order valence-corrected chi connectivity index (χ4v) is 6.55. The molecule has 0 aromatic heterocycles. The highest BCUT2D eigenvalue weighted by Crippen LogP contribution is 2.15. The zero-order chi connectivity index (χ0) is 36.6. The van der Waals surface area contributed by atoms with Gasteiger partial charge in [-0.3, -0.25) is 4.79 Å². The second-order valence-corrected chi connectivity index (χ2v) is 14.9. The minimum atomic E-state index is -0.957. The standard InChI is InChI=1S/C45H85NO4/c1-3-5-7-9-11-13-15-17-19-20-21-22-23-24-25-27-29-31-33-35-37-39-44(49)43(41-47)46-45(50)40-42(48)38-36-34-32-30-28-26-18-16-14-12-10-8-6-4-2/h23-24,29,31,37,39,42-44,47-49H,3-22,25-28,30,32-36,38,40-41H2,1-2H3,(H,46,50)/b24-23+,31-29+,39-37+. The van der Waals surface area contributed by atoms with E-state index in [1.54, 1.807) is 6.08 Å². The average Bonchev–Trinajstić information content (AvgIpc) is 3.11. The van der Waals surface area contributed by atoms with Gasteiger partial charge in [0.1, 0.15) is 0 Å². The number of unbranched alkanes of at least 4 members (excludes halogenated alkanes) is 26. The van der Waals surface area contributed by atoms with Crippen molar-refractivity contribution in [1.82, 2.24) is 5.32 Å². The Morgan fingerprint density at radius 1 is 0.500 bits per heavy atom. The van der Waals surface area contributed by atoms with Crippen molar-refractivity contribution in [3.63, 3.8) is 0 Å². The van der Waals surface area contributed by atoms with Gasteiger partial charge < -0.3 is 20.6 Å². The van der Waals surface area contributed by atoms with Crippen LogP contribution in [0.25, 0.3) is 0 Å². The van der Waals surface area contributed by atoms with Gasteiger partial charge in [0.25, 0.3) is 0 Å². The molecule has 5 heteroatoms. The minimum Gasteiger partial charge on any atom is -0.394 e. The molecule has 0 aliphatic heterocycles. The summed E-state index contributed by atoms with van der Waals surface area (Å²) in [4.78, 5) is 12.4. The smallest absolute Gasteiger partial charge is 0.222 e. The molecule has 0 aromatic carbocycles. The first-order valence-corrected chi connectivity index (χ1v) is 21.8. The Morgan fingerprint density at radius 2 is 0.860 bits per heavy atom. The molecule has 3 unspecified atom stereocenters. The summed E-state index contributed by atoms with van der Waals surface area (Å²) >= 11 is 0. The van der Waals surface area contributed by atoms with Gasteiger partial charge in [0.05, 0.1) is 31.3 Å². The van der Waals surface area contributed by atoms with Gasteiger partial charge in [0.15, 0.2) is 0 Å². The normalized spacial score (nSPS) is 13.9. The Bertz CT molecular complexity index is 779. The highest BCUT2D eigenvalue weighted by Gasteiger charge is 2.20. The number of rotatable bonds is 39. The number of hydrogen-bond acceptors (Lipinski definition) is 4. The maximum atomic E-state index is 12.4. The number of amides is 1. The maximum absolute atomic E-state index is 12.4. The first kappa shape index (κ1) is 48.6. The lowest BCUT2D eigenvalue weighted by molar-refractivity contribution is -0.124. The van der Waals surface area contributed by atoms with Crippen molar-refractivity contribution in [2.75, 3.05) is 6.61 Å². The summed E-state index contributed by atoms with van der Waals surface area (Å²) in [7, 11) is 0. The van der Waals surface area contributed by atoms with Crippen molar-refractivity contribution in [3.8, 4) is 0 Å². The second kappa shape index (κ2) is 40.3. The van der Waals surface area contributed by atoms with Crippen LogP contribution in [0.5, 0.6) is 0 Å². The van der Waals surface area contributed by atoms with Crippen molar-refractivity contribution in [2.24, 2.45) is 0 Å². The van der Waals surface area contributed by atoms with Crippen molar-refractivity contribution in [2.45, 2.75) is 238 Å². The van der Waals surface area contributed by atoms with Crippen LogP contribution in [0.3, 0.4) is 0 Å². The molecule has 50 heavy (non-hydrogen) atoms. The van der Waals surface area contributed by atoms with E-state index in [-0.39, 0.29) is 18.9 Å². The fourth-order valence-electron chi connectivity index (χ4n) is 6.55. The number of nitrogens with one attached hydrogen (secondary N) is 1. The number of allylic oxidation sites excluding steroid dienone is 5. The third-order valence-electron chi connectivity index (χ3n) is 9.91. The molecule has 0 spiro atoms. The maximum Gasteiger partial charge on any atom is 0.222 e. The molecule has 0 aliphatic carbocycles. The zero-order valence-corrected chi connectivity index (χ0v) is 33.3. The molecule has 0 rings (SSSR count). The van der Waals surface area contributed by atoms with Crippen LogP contribution in [0.1, 0.15) is 219 Å². The van der Waals surface area contributed by atoms with E-state index in [9.17, 15) is 20.1 Å². The second-order valence-electron chi connectivity index (χ2n) is 14.9. The van der Waals surface area contributed by atoms with Crippen LogP contribution in [0, 0.1) is 0 Å². The SMILES string of the molecule is CCCCCCCCCCCCC/C=C/CC/C=C/CC/C=C/C(O)C(CO)NC(=O)CC(O)CCCCCCCCCCCCCCCC. The van der Waals surface area contributed by atoms with Crippen LogP contribution in [0.15, 0.2) is 36.5 Å². The van der Waals surface area contributed by atoms with Crippen molar-refractivity contribution in [3.05, 3.63) is 36.5 Å². The van der Waals surface area contributed by atoms with E-state index >= 15 is 0 Å². The summed E-state index contributed by atoms with van der Waals surface area (Å²) in [6.45, 7) is 4.20. The summed E-state index contributed by atoms with van der Waals surface area (Å²) in [5.74, 6) is -0.329. The van der Waals surface area contributed by atoms with E-state index in [0.717, 1.165) is 38.5 Å². The number of carbonyl (C=O) groups is 1. The molecule has 0 bridgehead atoms. The lowest BCUT2D eigenvalue weighted by Gasteiger charge is -2.21. The zero-order valence-electron chi connectivity index (χ0n) is 33.3. The summed E-state index contributed by atoms with van der Waals surface area (Å²) in [6, 6.07) is -0.764. The Morgan fingerprint density at radius 3 is 1.28 bits per heavy atom. The quantitative estimate of drug-likeness (QED) is 0.0379. The van der Waals surface area contributed by atoms with Gasteiger partial charge in [-0.25, -0.2) is 0 Å². The Labute approximate surface area is 311 Å². The number of hydrogen-bond donors (Lipinski definition) is 4. The van der Waals surface area contributed by atoms with E-state index in [4.69, 9.17) is 0 Å². The highest BCUT2D eigenvalue weighted by atomic mass is 16.3. The molecular formula is C45H85NO4.